The Kier molecular flexibility index (Phi) is 6.18. The van der Waals surface area contributed by atoms with Crippen molar-refractivity contribution in [1.29, 1.82) is 0 Å². The van der Waals surface area contributed by atoms with E-state index in [1.165, 1.54) is 12.1 Å². The van der Waals surface area contributed by atoms with Gasteiger partial charge in [0.15, 0.2) is 5.60 Å². The Labute approximate surface area is 187 Å². The molecular weight excluding hydrogens is 418 g/mol. The second-order valence-corrected chi connectivity index (χ2v) is 9.79. The molecule has 3 saturated heterocycles. The first-order valence-electron chi connectivity index (χ1n) is 11.6. The fourth-order valence-corrected chi connectivity index (χ4v) is 5.14. The zero-order chi connectivity index (χ0) is 23.1. The van der Waals surface area contributed by atoms with Crippen LogP contribution in [0.25, 0.3) is 0 Å². The zero-order valence-electron chi connectivity index (χ0n) is 19.0. The van der Waals surface area contributed by atoms with Gasteiger partial charge in [0.05, 0.1) is 6.04 Å². The number of hydrogen-bond acceptors (Lipinski definition) is 4. The van der Waals surface area contributed by atoms with Gasteiger partial charge in [0.25, 0.3) is 5.91 Å². The monoisotopic (exact) mass is 450 g/mol. The number of likely N-dealkylation sites (tertiary alicyclic amines) is 1. The Morgan fingerprint density at radius 1 is 1.19 bits per heavy atom. The summed E-state index contributed by atoms with van der Waals surface area (Å²) in [5.41, 5.74) is -1.06. The lowest BCUT2D eigenvalue weighted by Crippen LogP contribution is -2.52. The van der Waals surface area contributed by atoms with Crippen LogP contribution in [0.4, 0.5) is 13.6 Å². The minimum Gasteiger partial charge on any atom is -0.443 e. The molecule has 3 aliphatic rings. The maximum absolute atomic E-state index is 13.8. The van der Waals surface area contributed by atoms with Gasteiger partial charge < -0.3 is 19.3 Å². The molecule has 0 aliphatic carbocycles. The summed E-state index contributed by atoms with van der Waals surface area (Å²) < 4.78 is 39.4. The predicted octanol–water partition coefficient (Wildman–Crippen LogP) is 4.92. The van der Waals surface area contributed by atoms with Gasteiger partial charge in [-0.3, -0.25) is 4.79 Å². The smallest absolute Gasteiger partial charge is 0.410 e. The summed E-state index contributed by atoms with van der Waals surface area (Å²) in [6.07, 6.45) is 4.04. The van der Waals surface area contributed by atoms with Gasteiger partial charge in [-0.05, 0) is 57.2 Å². The minimum absolute atomic E-state index is 0.147. The number of carbonyl (C=O) groups is 2. The number of ether oxygens (including phenoxy) is 2. The highest BCUT2D eigenvalue weighted by atomic mass is 19.1. The molecule has 0 unspecified atom stereocenters. The number of hydrogen-bond donors (Lipinski definition) is 0. The summed E-state index contributed by atoms with van der Waals surface area (Å²) >= 11 is 0. The lowest BCUT2D eigenvalue weighted by atomic mass is 9.89. The van der Waals surface area contributed by atoms with E-state index in [2.05, 4.69) is 6.92 Å². The number of nitrogens with zero attached hydrogens (tertiary/aromatic N) is 2. The van der Waals surface area contributed by atoms with Gasteiger partial charge in [-0.1, -0.05) is 13.3 Å². The molecule has 3 aliphatic heterocycles. The van der Waals surface area contributed by atoms with E-state index in [1.807, 2.05) is 13.8 Å². The number of amides is 2. The molecule has 0 bridgehead atoms. The van der Waals surface area contributed by atoms with Crippen molar-refractivity contribution in [2.75, 3.05) is 13.1 Å². The maximum atomic E-state index is 13.8. The van der Waals surface area contributed by atoms with Crippen LogP contribution in [0.1, 0.15) is 77.3 Å². The Bertz CT molecular complexity index is 863. The van der Waals surface area contributed by atoms with Crippen molar-refractivity contribution in [3.63, 3.8) is 0 Å². The van der Waals surface area contributed by atoms with Crippen LogP contribution < -0.4 is 0 Å². The lowest BCUT2D eigenvalue weighted by molar-refractivity contribution is -0.143. The van der Waals surface area contributed by atoms with Gasteiger partial charge in [-0.15, -0.1) is 0 Å². The second-order valence-electron chi connectivity index (χ2n) is 9.79. The van der Waals surface area contributed by atoms with Crippen LogP contribution in [0.2, 0.25) is 0 Å². The largest absolute Gasteiger partial charge is 0.443 e. The highest BCUT2D eigenvalue weighted by Gasteiger charge is 2.58. The van der Waals surface area contributed by atoms with Gasteiger partial charge in [0.2, 0.25) is 0 Å². The van der Waals surface area contributed by atoms with Gasteiger partial charge >= 0.3 is 6.09 Å². The Morgan fingerprint density at radius 2 is 1.84 bits per heavy atom. The maximum Gasteiger partial charge on any atom is 0.410 e. The second kappa shape index (κ2) is 8.61. The van der Waals surface area contributed by atoms with Crippen LogP contribution in [-0.4, -0.2) is 52.3 Å². The summed E-state index contributed by atoms with van der Waals surface area (Å²) in [5.74, 6) is -1.45. The number of rotatable bonds is 5. The molecular formula is C24H32F2N2O4. The number of piperidine rings is 1. The van der Waals surface area contributed by atoms with E-state index < -0.39 is 35.1 Å². The molecule has 3 heterocycles. The highest BCUT2D eigenvalue weighted by molar-refractivity contribution is 5.88. The van der Waals surface area contributed by atoms with Crippen LogP contribution in [-0.2, 0) is 14.3 Å². The fraction of sp³-hybridized carbons (Fsp3) is 0.667. The van der Waals surface area contributed by atoms with E-state index in [4.69, 9.17) is 9.47 Å². The van der Waals surface area contributed by atoms with Crippen LogP contribution in [0.15, 0.2) is 18.2 Å². The molecule has 0 saturated carbocycles. The van der Waals surface area contributed by atoms with Crippen molar-refractivity contribution >= 4 is 12.0 Å². The molecule has 2 amide bonds. The SMILES string of the molecule is CCCCC(C)(C)OC(=O)N1CCC2(CC1)O[C@@H]1CC[C@@H](c3cc(F)cc(F)c3)N1C2=O. The quantitative estimate of drug-likeness (QED) is 0.639. The molecule has 3 fully saturated rings. The molecule has 4 rings (SSSR count). The summed E-state index contributed by atoms with van der Waals surface area (Å²) in [7, 11) is 0. The van der Waals surface area contributed by atoms with E-state index in [1.54, 1.807) is 9.80 Å². The summed E-state index contributed by atoms with van der Waals surface area (Å²) in [6, 6.07) is 3.00. The van der Waals surface area contributed by atoms with E-state index in [-0.39, 0.29) is 12.0 Å². The third-order valence-electron chi connectivity index (χ3n) is 6.91. The van der Waals surface area contributed by atoms with Crippen molar-refractivity contribution in [3.8, 4) is 0 Å². The molecule has 6 nitrogen and oxygen atoms in total. The van der Waals surface area contributed by atoms with Crippen LogP contribution >= 0.6 is 0 Å². The van der Waals surface area contributed by atoms with Gasteiger partial charge in [-0.2, -0.15) is 0 Å². The third kappa shape index (κ3) is 4.34. The standard InChI is InChI=1S/C24H32F2N2O4/c1-4-5-8-23(2,3)32-22(30)27-11-9-24(10-12-27)21(29)28-19(6-7-20(28)31-24)16-13-17(25)15-18(26)14-16/h13-15,19-20H,4-12H2,1-3H3/t19-,20+/m0/s1. The molecule has 0 radical (unpaired) electrons. The molecule has 0 N–H and O–H groups in total. The zero-order valence-corrected chi connectivity index (χ0v) is 19.0. The first kappa shape index (κ1) is 23.0. The molecule has 1 spiro atoms. The Balaban J connectivity index is 1.41. The van der Waals surface area contributed by atoms with Crippen molar-refractivity contribution in [2.24, 2.45) is 0 Å². The van der Waals surface area contributed by atoms with Gasteiger partial charge in [0.1, 0.15) is 23.5 Å². The van der Waals surface area contributed by atoms with Crippen LogP contribution in [0.3, 0.4) is 0 Å². The van der Waals surface area contributed by atoms with Gasteiger partial charge in [0, 0.05) is 32.0 Å². The fourth-order valence-electron chi connectivity index (χ4n) is 5.14. The average Bonchev–Trinajstić information content (AvgIpc) is 3.24. The summed E-state index contributed by atoms with van der Waals surface area (Å²) in [4.78, 5) is 29.4. The molecule has 176 valence electrons. The van der Waals surface area contributed by atoms with Crippen molar-refractivity contribution in [3.05, 3.63) is 35.4 Å². The highest BCUT2D eigenvalue weighted by Crippen LogP contribution is 2.47. The summed E-state index contributed by atoms with van der Waals surface area (Å²) in [6.45, 7) is 6.67. The average molecular weight is 451 g/mol. The van der Waals surface area contributed by atoms with Gasteiger partial charge in [-0.25, -0.2) is 13.6 Å². The third-order valence-corrected chi connectivity index (χ3v) is 6.91. The molecule has 8 heteroatoms. The molecule has 2 atom stereocenters. The minimum atomic E-state index is -0.982. The van der Waals surface area contributed by atoms with Crippen LogP contribution in [0, 0.1) is 11.6 Å². The van der Waals surface area contributed by atoms with Crippen LogP contribution in [0.5, 0.6) is 0 Å². The van der Waals surface area contributed by atoms with E-state index in [0.717, 1.165) is 25.3 Å². The number of carbonyl (C=O) groups excluding carboxylic acids is 2. The van der Waals surface area contributed by atoms with E-state index in [9.17, 15) is 18.4 Å². The molecule has 1 aromatic rings. The number of benzene rings is 1. The normalized spacial score (nSPS) is 24.8. The first-order chi connectivity index (χ1) is 15.1. The van der Waals surface area contributed by atoms with E-state index in [0.29, 0.717) is 44.3 Å². The first-order valence-corrected chi connectivity index (χ1v) is 11.6. The Hall–Kier alpha value is -2.22. The Morgan fingerprint density at radius 3 is 2.47 bits per heavy atom. The molecule has 0 aromatic heterocycles. The number of fused-ring (bicyclic) bond motifs is 1. The van der Waals surface area contributed by atoms with Crippen molar-refractivity contribution in [2.45, 2.75) is 89.2 Å². The van der Waals surface area contributed by atoms with Crippen molar-refractivity contribution < 1.29 is 27.8 Å². The topological polar surface area (TPSA) is 59.1 Å². The molecule has 32 heavy (non-hydrogen) atoms. The number of halogens is 2. The van der Waals surface area contributed by atoms with E-state index >= 15 is 0 Å². The molecule has 1 aromatic carbocycles. The lowest BCUT2D eigenvalue weighted by Gasteiger charge is -2.38. The summed E-state index contributed by atoms with van der Waals surface area (Å²) in [5, 5.41) is 0. The number of unbranched alkanes of at least 4 members (excludes halogenated alkanes) is 1. The predicted molar refractivity (Wildman–Crippen MR) is 114 cm³/mol. The van der Waals surface area contributed by atoms with Crippen molar-refractivity contribution in [1.82, 2.24) is 9.80 Å².